The third-order valence-electron chi connectivity index (χ3n) is 2.72. The number of likely N-dealkylation sites (N-methyl/N-ethyl adjacent to an activating group) is 1. The maximum absolute atomic E-state index is 13.0. The van der Waals surface area contributed by atoms with Crippen molar-refractivity contribution >= 4 is 5.82 Å². The van der Waals surface area contributed by atoms with Crippen LogP contribution in [0.4, 0.5) is 10.2 Å². The third-order valence-corrected chi connectivity index (χ3v) is 2.72. The molecular formula is C10H16FN5. The van der Waals surface area contributed by atoms with Gasteiger partial charge in [0.15, 0.2) is 0 Å². The molecule has 0 bridgehead atoms. The maximum Gasteiger partial charge on any atom is 0.218 e. The third kappa shape index (κ3) is 2.86. The molecule has 1 aromatic heterocycles. The van der Waals surface area contributed by atoms with Gasteiger partial charge in [0.2, 0.25) is 5.95 Å². The van der Waals surface area contributed by atoms with Crippen LogP contribution in [0, 0.1) is 5.95 Å². The molecular weight excluding hydrogens is 209 g/mol. The van der Waals surface area contributed by atoms with Gasteiger partial charge >= 0.3 is 0 Å². The molecule has 0 saturated carbocycles. The van der Waals surface area contributed by atoms with Crippen LogP contribution in [0.5, 0.6) is 0 Å². The van der Waals surface area contributed by atoms with Crippen LogP contribution < -0.4 is 5.73 Å². The SMILES string of the molecule is CN1CCN(Cc2nc(N)cc(F)n2)CC1. The van der Waals surface area contributed by atoms with Crippen LogP contribution in [0.3, 0.4) is 0 Å². The monoisotopic (exact) mass is 225 g/mol. The zero-order chi connectivity index (χ0) is 11.5. The average molecular weight is 225 g/mol. The molecule has 2 heterocycles. The molecule has 0 atom stereocenters. The van der Waals surface area contributed by atoms with Gasteiger partial charge in [0.1, 0.15) is 11.6 Å². The fraction of sp³-hybridized carbons (Fsp3) is 0.600. The Kier molecular flexibility index (Phi) is 3.31. The van der Waals surface area contributed by atoms with Crippen molar-refractivity contribution in [3.8, 4) is 0 Å². The average Bonchev–Trinajstić information content (AvgIpc) is 2.20. The summed E-state index contributed by atoms with van der Waals surface area (Å²) in [7, 11) is 2.09. The normalized spacial score (nSPS) is 18.9. The van der Waals surface area contributed by atoms with E-state index in [0.29, 0.717) is 12.4 Å². The molecule has 0 aromatic carbocycles. The molecule has 88 valence electrons. The molecule has 5 nitrogen and oxygen atoms in total. The molecule has 0 aliphatic carbocycles. The number of nitrogen functional groups attached to an aromatic ring is 1. The van der Waals surface area contributed by atoms with Gasteiger partial charge in [-0.25, -0.2) is 9.97 Å². The fourth-order valence-electron chi connectivity index (χ4n) is 1.76. The van der Waals surface area contributed by atoms with Crippen LogP contribution in [-0.4, -0.2) is 53.0 Å². The predicted octanol–water partition coefficient (Wildman–Crippen LogP) is -0.0547. The lowest BCUT2D eigenvalue weighted by Crippen LogP contribution is -2.44. The van der Waals surface area contributed by atoms with E-state index in [1.54, 1.807) is 0 Å². The number of anilines is 1. The van der Waals surface area contributed by atoms with Gasteiger partial charge in [0.25, 0.3) is 0 Å². The molecule has 1 saturated heterocycles. The Morgan fingerprint density at radius 1 is 1.31 bits per heavy atom. The summed E-state index contributed by atoms with van der Waals surface area (Å²) in [6, 6.07) is 1.13. The summed E-state index contributed by atoms with van der Waals surface area (Å²) in [4.78, 5) is 12.2. The molecule has 0 amide bonds. The first-order valence-electron chi connectivity index (χ1n) is 5.33. The van der Waals surface area contributed by atoms with Crippen molar-refractivity contribution in [2.75, 3.05) is 39.0 Å². The second-order valence-electron chi connectivity index (χ2n) is 4.11. The minimum absolute atomic E-state index is 0.191. The molecule has 2 N–H and O–H groups in total. The van der Waals surface area contributed by atoms with Gasteiger partial charge < -0.3 is 10.6 Å². The highest BCUT2D eigenvalue weighted by atomic mass is 19.1. The fourth-order valence-corrected chi connectivity index (χ4v) is 1.76. The Morgan fingerprint density at radius 2 is 2.00 bits per heavy atom. The highest BCUT2D eigenvalue weighted by Gasteiger charge is 2.15. The number of hydrogen-bond donors (Lipinski definition) is 1. The standard InChI is InChI=1S/C10H16FN5/c1-15-2-4-16(5-3-15)7-10-13-8(11)6-9(12)14-10/h6H,2-5,7H2,1H3,(H2,12,13,14). The zero-order valence-electron chi connectivity index (χ0n) is 9.36. The van der Waals surface area contributed by atoms with Crippen molar-refractivity contribution in [2.24, 2.45) is 0 Å². The van der Waals surface area contributed by atoms with E-state index >= 15 is 0 Å². The lowest BCUT2D eigenvalue weighted by Gasteiger charge is -2.31. The topological polar surface area (TPSA) is 58.3 Å². The minimum atomic E-state index is -0.559. The summed E-state index contributed by atoms with van der Waals surface area (Å²) in [6.07, 6.45) is 0. The van der Waals surface area contributed by atoms with Crippen molar-refractivity contribution in [3.63, 3.8) is 0 Å². The first-order valence-corrected chi connectivity index (χ1v) is 5.33. The second-order valence-corrected chi connectivity index (χ2v) is 4.11. The summed E-state index contributed by atoms with van der Waals surface area (Å²) < 4.78 is 13.0. The van der Waals surface area contributed by atoms with Crippen molar-refractivity contribution in [3.05, 3.63) is 17.8 Å². The Hall–Kier alpha value is -1.27. The largest absolute Gasteiger partial charge is 0.383 e. The van der Waals surface area contributed by atoms with Gasteiger partial charge in [0.05, 0.1) is 6.54 Å². The van der Waals surface area contributed by atoms with E-state index in [4.69, 9.17) is 5.73 Å². The first kappa shape index (κ1) is 11.2. The minimum Gasteiger partial charge on any atom is -0.383 e. The van der Waals surface area contributed by atoms with Crippen LogP contribution in [0.1, 0.15) is 5.82 Å². The van der Waals surface area contributed by atoms with Crippen molar-refractivity contribution < 1.29 is 4.39 Å². The van der Waals surface area contributed by atoms with Crippen LogP contribution in [-0.2, 0) is 6.54 Å². The van der Waals surface area contributed by atoms with Crippen LogP contribution in [0.25, 0.3) is 0 Å². The van der Waals surface area contributed by atoms with Gasteiger partial charge in [-0.05, 0) is 7.05 Å². The molecule has 1 aliphatic rings. The van der Waals surface area contributed by atoms with Crippen molar-refractivity contribution in [1.82, 2.24) is 19.8 Å². The summed E-state index contributed by atoms with van der Waals surface area (Å²) in [5.74, 6) is 0.0929. The molecule has 16 heavy (non-hydrogen) atoms. The van der Waals surface area contributed by atoms with E-state index in [9.17, 15) is 4.39 Å². The summed E-state index contributed by atoms with van der Waals surface area (Å²) >= 11 is 0. The molecule has 1 aromatic rings. The van der Waals surface area contributed by atoms with E-state index in [2.05, 4.69) is 26.8 Å². The predicted molar refractivity (Wildman–Crippen MR) is 59.2 cm³/mol. The number of nitrogens with two attached hydrogens (primary N) is 1. The number of piperazine rings is 1. The molecule has 1 fully saturated rings. The van der Waals surface area contributed by atoms with E-state index in [0.717, 1.165) is 32.2 Å². The molecule has 6 heteroatoms. The van der Waals surface area contributed by atoms with Gasteiger partial charge in [-0.2, -0.15) is 4.39 Å². The number of aromatic nitrogens is 2. The maximum atomic E-state index is 13.0. The summed E-state index contributed by atoms with van der Waals surface area (Å²) in [5, 5.41) is 0. The second kappa shape index (κ2) is 4.71. The van der Waals surface area contributed by atoms with E-state index < -0.39 is 5.95 Å². The Morgan fingerprint density at radius 3 is 2.62 bits per heavy atom. The Bertz CT molecular complexity index is 342. The first-order chi connectivity index (χ1) is 7.63. The van der Waals surface area contributed by atoms with Gasteiger partial charge in [-0.1, -0.05) is 0 Å². The van der Waals surface area contributed by atoms with E-state index in [1.807, 2.05) is 0 Å². The van der Waals surface area contributed by atoms with Crippen molar-refractivity contribution in [1.29, 1.82) is 0 Å². The van der Waals surface area contributed by atoms with Gasteiger partial charge in [0, 0.05) is 32.2 Å². The van der Waals surface area contributed by atoms with Gasteiger partial charge in [-0.3, -0.25) is 4.90 Å². The van der Waals surface area contributed by atoms with Crippen molar-refractivity contribution in [2.45, 2.75) is 6.54 Å². The highest BCUT2D eigenvalue weighted by Crippen LogP contribution is 2.06. The summed E-state index contributed by atoms with van der Waals surface area (Å²) in [5.41, 5.74) is 5.47. The molecule has 1 aliphatic heterocycles. The van der Waals surface area contributed by atoms with E-state index in [1.165, 1.54) is 0 Å². The lowest BCUT2D eigenvalue weighted by molar-refractivity contribution is 0.145. The zero-order valence-corrected chi connectivity index (χ0v) is 9.36. The number of nitrogens with zero attached hydrogens (tertiary/aromatic N) is 4. The number of hydrogen-bond acceptors (Lipinski definition) is 5. The van der Waals surface area contributed by atoms with Crippen LogP contribution in [0.15, 0.2) is 6.07 Å². The van der Waals surface area contributed by atoms with Crippen LogP contribution >= 0.6 is 0 Å². The highest BCUT2D eigenvalue weighted by molar-refractivity contribution is 5.25. The number of halogens is 1. The molecule has 0 unspecified atom stereocenters. The Balaban J connectivity index is 1.98. The molecule has 2 rings (SSSR count). The number of rotatable bonds is 2. The van der Waals surface area contributed by atoms with Gasteiger partial charge in [-0.15, -0.1) is 0 Å². The Labute approximate surface area is 94.1 Å². The molecule has 0 radical (unpaired) electrons. The van der Waals surface area contributed by atoms with E-state index in [-0.39, 0.29) is 5.82 Å². The van der Waals surface area contributed by atoms with Crippen LogP contribution in [0.2, 0.25) is 0 Å². The molecule has 0 spiro atoms. The quantitative estimate of drug-likeness (QED) is 0.715. The smallest absolute Gasteiger partial charge is 0.218 e. The lowest BCUT2D eigenvalue weighted by atomic mass is 10.3. The summed E-state index contributed by atoms with van der Waals surface area (Å²) in [6.45, 7) is 4.51.